The van der Waals surface area contributed by atoms with Gasteiger partial charge in [0, 0.05) is 21.1 Å². The summed E-state index contributed by atoms with van der Waals surface area (Å²) in [4.78, 5) is 11.8. The van der Waals surface area contributed by atoms with E-state index in [2.05, 4.69) is 43.4 Å². The fraction of sp³-hybridized carbons (Fsp3) is 0.417. The molecule has 0 aliphatic rings. The van der Waals surface area contributed by atoms with Crippen LogP contribution in [-0.4, -0.2) is 24.5 Å². The summed E-state index contributed by atoms with van der Waals surface area (Å²) in [6.07, 6.45) is 4.27. The summed E-state index contributed by atoms with van der Waals surface area (Å²) < 4.78 is 1.80. The molecular formula is C12H15Br2NOS. The molecular weight excluding hydrogens is 366 g/mol. The lowest BCUT2D eigenvalue weighted by Gasteiger charge is -2.06. The van der Waals surface area contributed by atoms with Crippen molar-refractivity contribution in [1.29, 1.82) is 0 Å². The molecule has 0 fully saturated rings. The Kier molecular flexibility index (Phi) is 7.23. The Hall–Kier alpha value is -0.000000000000000111. The van der Waals surface area contributed by atoms with E-state index in [1.165, 1.54) is 0 Å². The molecule has 1 N–H and O–H groups in total. The highest BCUT2D eigenvalue weighted by molar-refractivity contribution is 9.11. The summed E-state index contributed by atoms with van der Waals surface area (Å²) in [5, 5.41) is 2.92. The summed E-state index contributed by atoms with van der Waals surface area (Å²) >= 11 is 8.58. The molecule has 0 atom stereocenters. The Bertz CT molecular complexity index is 365. The number of carbonyl (C=O) groups excluding carboxylic acids is 1. The first-order valence-corrected chi connectivity index (χ1v) is 8.34. The van der Waals surface area contributed by atoms with E-state index in [4.69, 9.17) is 0 Å². The lowest BCUT2D eigenvalue weighted by atomic mass is 10.2. The van der Waals surface area contributed by atoms with E-state index in [1.807, 2.05) is 30.0 Å². The molecule has 5 heteroatoms. The van der Waals surface area contributed by atoms with Crippen LogP contribution in [0.1, 0.15) is 23.2 Å². The monoisotopic (exact) mass is 379 g/mol. The van der Waals surface area contributed by atoms with Gasteiger partial charge in [0.05, 0.1) is 0 Å². The quantitative estimate of drug-likeness (QED) is 0.753. The number of hydrogen-bond donors (Lipinski definition) is 1. The van der Waals surface area contributed by atoms with Crippen LogP contribution in [0, 0.1) is 0 Å². The Balaban J connectivity index is 2.41. The van der Waals surface area contributed by atoms with Gasteiger partial charge in [0.2, 0.25) is 0 Å². The number of nitrogens with one attached hydrogen (secondary N) is 1. The molecule has 1 rings (SSSR count). The largest absolute Gasteiger partial charge is 0.352 e. The maximum atomic E-state index is 11.8. The van der Waals surface area contributed by atoms with Gasteiger partial charge < -0.3 is 5.32 Å². The molecule has 1 aromatic carbocycles. The number of amides is 1. The third-order valence-corrected chi connectivity index (χ3v) is 3.80. The molecule has 0 unspecified atom stereocenters. The minimum Gasteiger partial charge on any atom is -0.352 e. The van der Waals surface area contributed by atoms with Gasteiger partial charge in [-0.25, -0.2) is 0 Å². The summed E-state index contributed by atoms with van der Waals surface area (Å²) in [7, 11) is 0. The second kappa shape index (κ2) is 8.16. The number of halogens is 2. The van der Waals surface area contributed by atoms with E-state index in [1.54, 1.807) is 0 Å². The van der Waals surface area contributed by atoms with Gasteiger partial charge in [-0.1, -0.05) is 31.9 Å². The van der Waals surface area contributed by atoms with E-state index in [-0.39, 0.29) is 5.91 Å². The molecule has 0 saturated carbocycles. The van der Waals surface area contributed by atoms with Gasteiger partial charge in [0.1, 0.15) is 0 Å². The van der Waals surface area contributed by atoms with Gasteiger partial charge in [-0.3, -0.25) is 4.79 Å². The first-order chi connectivity index (χ1) is 8.13. The van der Waals surface area contributed by atoms with Crippen molar-refractivity contribution >= 4 is 49.5 Å². The molecule has 2 nitrogen and oxygen atoms in total. The molecule has 0 bridgehead atoms. The Labute approximate surface area is 123 Å². The van der Waals surface area contributed by atoms with Crippen LogP contribution >= 0.6 is 43.6 Å². The average Bonchev–Trinajstić information content (AvgIpc) is 2.27. The van der Waals surface area contributed by atoms with E-state index in [0.717, 1.165) is 34.1 Å². The molecule has 0 radical (unpaired) electrons. The highest BCUT2D eigenvalue weighted by Crippen LogP contribution is 2.19. The second-order valence-corrected chi connectivity index (χ2v) is 6.43. The van der Waals surface area contributed by atoms with Crippen LogP contribution in [0.5, 0.6) is 0 Å². The van der Waals surface area contributed by atoms with Gasteiger partial charge in [0.25, 0.3) is 5.91 Å². The molecule has 1 amide bonds. The molecule has 1 aromatic rings. The van der Waals surface area contributed by atoms with Crippen LogP contribution in [-0.2, 0) is 0 Å². The number of carbonyl (C=O) groups is 1. The summed E-state index contributed by atoms with van der Waals surface area (Å²) in [6, 6.07) is 5.55. The predicted molar refractivity (Wildman–Crippen MR) is 81.8 cm³/mol. The zero-order valence-electron chi connectivity index (χ0n) is 9.63. The minimum atomic E-state index is -0.0175. The van der Waals surface area contributed by atoms with Crippen molar-refractivity contribution in [3.8, 4) is 0 Å². The van der Waals surface area contributed by atoms with Crippen LogP contribution in [0.15, 0.2) is 27.1 Å². The molecule has 0 aliphatic heterocycles. The number of benzene rings is 1. The third-order valence-electron chi connectivity index (χ3n) is 2.19. The minimum absolute atomic E-state index is 0.0175. The van der Waals surface area contributed by atoms with Crippen molar-refractivity contribution < 1.29 is 4.79 Å². The van der Waals surface area contributed by atoms with Gasteiger partial charge >= 0.3 is 0 Å². The third kappa shape index (κ3) is 5.93. The summed E-state index contributed by atoms with van der Waals surface area (Å²) in [6.45, 7) is 0.740. The van der Waals surface area contributed by atoms with E-state index in [0.29, 0.717) is 5.56 Å². The summed E-state index contributed by atoms with van der Waals surface area (Å²) in [5.41, 5.74) is 0.677. The van der Waals surface area contributed by atoms with Gasteiger partial charge in [-0.2, -0.15) is 11.8 Å². The van der Waals surface area contributed by atoms with Crippen LogP contribution in [0.2, 0.25) is 0 Å². The van der Waals surface area contributed by atoms with Crippen molar-refractivity contribution in [3.05, 3.63) is 32.7 Å². The van der Waals surface area contributed by atoms with E-state index < -0.39 is 0 Å². The maximum absolute atomic E-state index is 11.8. The fourth-order valence-corrected chi connectivity index (χ4v) is 3.15. The number of thioether (sulfide) groups is 1. The summed E-state index contributed by atoms with van der Waals surface area (Å²) in [5.74, 6) is 1.13. The van der Waals surface area contributed by atoms with Gasteiger partial charge in [-0.15, -0.1) is 0 Å². The lowest BCUT2D eigenvalue weighted by Crippen LogP contribution is -2.24. The average molecular weight is 381 g/mol. The normalized spacial score (nSPS) is 10.3. The lowest BCUT2D eigenvalue weighted by molar-refractivity contribution is 0.0953. The number of hydrogen-bond acceptors (Lipinski definition) is 2. The highest BCUT2D eigenvalue weighted by atomic mass is 79.9. The zero-order chi connectivity index (χ0) is 12.7. The van der Waals surface area contributed by atoms with Crippen molar-refractivity contribution in [3.63, 3.8) is 0 Å². The highest BCUT2D eigenvalue weighted by Gasteiger charge is 2.06. The SMILES string of the molecule is CSCCCCNC(=O)c1cc(Br)cc(Br)c1. The van der Waals surface area contributed by atoms with E-state index in [9.17, 15) is 4.79 Å². The molecule has 17 heavy (non-hydrogen) atoms. The zero-order valence-corrected chi connectivity index (χ0v) is 13.6. The first kappa shape index (κ1) is 15.1. The second-order valence-electron chi connectivity index (χ2n) is 3.61. The molecule has 0 saturated heterocycles. The Morgan fingerprint density at radius 1 is 1.24 bits per heavy atom. The van der Waals surface area contributed by atoms with E-state index >= 15 is 0 Å². The Morgan fingerprint density at radius 2 is 1.88 bits per heavy atom. The van der Waals surface area contributed by atoms with Gasteiger partial charge in [0.15, 0.2) is 0 Å². The topological polar surface area (TPSA) is 29.1 Å². The van der Waals surface area contributed by atoms with Crippen LogP contribution in [0.4, 0.5) is 0 Å². The predicted octanol–water partition coefficient (Wildman–Crippen LogP) is 4.08. The van der Waals surface area contributed by atoms with Crippen molar-refractivity contribution in [2.24, 2.45) is 0 Å². The molecule has 0 heterocycles. The molecule has 0 aliphatic carbocycles. The standard InChI is InChI=1S/C12H15Br2NOS/c1-17-5-3-2-4-15-12(16)9-6-10(13)8-11(14)7-9/h6-8H,2-5H2,1H3,(H,15,16). The number of rotatable bonds is 6. The smallest absolute Gasteiger partial charge is 0.251 e. The molecule has 0 aromatic heterocycles. The maximum Gasteiger partial charge on any atom is 0.251 e. The first-order valence-electron chi connectivity index (χ1n) is 5.36. The number of unbranched alkanes of at least 4 members (excludes halogenated alkanes) is 1. The molecule has 94 valence electrons. The molecule has 0 spiro atoms. The fourth-order valence-electron chi connectivity index (χ4n) is 1.36. The van der Waals surface area contributed by atoms with Gasteiger partial charge in [-0.05, 0) is 43.0 Å². The van der Waals surface area contributed by atoms with Crippen molar-refractivity contribution in [2.45, 2.75) is 12.8 Å². The Morgan fingerprint density at radius 3 is 2.47 bits per heavy atom. The van der Waals surface area contributed by atoms with Crippen molar-refractivity contribution in [2.75, 3.05) is 18.6 Å². The van der Waals surface area contributed by atoms with Crippen LogP contribution < -0.4 is 5.32 Å². The van der Waals surface area contributed by atoms with Crippen molar-refractivity contribution in [1.82, 2.24) is 5.32 Å². The van der Waals surface area contributed by atoms with Crippen LogP contribution in [0.25, 0.3) is 0 Å². The van der Waals surface area contributed by atoms with Crippen LogP contribution in [0.3, 0.4) is 0 Å².